The molecule has 0 unspecified atom stereocenters. The van der Waals surface area contributed by atoms with Crippen LogP contribution in [-0.2, 0) is 0 Å². The zero-order valence-electron chi connectivity index (χ0n) is 10.7. The maximum absolute atomic E-state index is 12.3. The molecular weight excluding hydrogens is 266 g/mol. The van der Waals surface area contributed by atoms with E-state index in [9.17, 15) is 9.59 Å². The third kappa shape index (κ3) is 3.83. The van der Waals surface area contributed by atoms with Crippen molar-refractivity contribution < 1.29 is 14.7 Å². The Hall–Kier alpha value is -1.81. The summed E-state index contributed by atoms with van der Waals surface area (Å²) in [6.07, 6.45) is 2.47. The van der Waals surface area contributed by atoms with Gasteiger partial charge in [-0.05, 0) is 24.6 Å². The van der Waals surface area contributed by atoms with Crippen LogP contribution in [0, 0.1) is 0 Å². The van der Waals surface area contributed by atoms with Crippen molar-refractivity contribution in [1.29, 1.82) is 0 Å². The van der Waals surface area contributed by atoms with E-state index >= 15 is 0 Å². The first kappa shape index (κ1) is 15.2. The molecule has 19 heavy (non-hydrogen) atoms. The highest BCUT2D eigenvalue weighted by Gasteiger charge is 2.18. The SMILES string of the molecule is C=CCN(CCC)C(=O)c1ccc(C(=O)O)cc1Cl. The lowest BCUT2D eigenvalue weighted by molar-refractivity contribution is 0.0694. The molecule has 5 heteroatoms. The zero-order chi connectivity index (χ0) is 14.4. The van der Waals surface area contributed by atoms with Gasteiger partial charge in [0.05, 0.1) is 16.1 Å². The van der Waals surface area contributed by atoms with Crippen molar-refractivity contribution in [2.75, 3.05) is 13.1 Å². The first-order valence-corrected chi connectivity index (χ1v) is 6.32. The molecule has 0 spiro atoms. The van der Waals surface area contributed by atoms with E-state index in [1.54, 1.807) is 11.0 Å². The average Bonchev–Trinajstić information content (AvgIpc) is 2.37. The number of hydrogen-bond donors (Lipinski definition) is 1. The monoisotopic (exact) mass is 281 g/mol. The number of nitrogens with zero attached hydrogens (tertiary/aromatic N) is 1. The fraction of sp³-hybridized carbons (Fsp3) is 0.286. The van der Waals surface area contributed by atoms with Crippen molar-refractivity contribution in [2.45, 2.75) is 13.3 Å². The predicted octanol–water partition coefficient (Wildman–Crippen LogP) is 3.08. The molecule has 0 aliphatic heterocycles. The maximum Gasteiger partial charge on any atom is 0.335 e. The molecule has 1 N–H and O–H groups in total. The summed E-state index contributed by atoms with van der Waals surface area (Å²) in [6, 6.07) is 4.11. The summed E-state index contributed by atoms with van der Waals surface area (Å²) < 4.78 is 0. The number of carboxylic acid groups (broad SMARTS) is 1. The Morgan fingerprint density at radius 3 is 2.63 bits per heavy atom. The summed E-state index contributed by atoms with van der Waals surface area (Å²) in [5.41, 5.74) is 0.370. The van der Waals surface area contributed by atoms with Crippen molar-refractivity contribution in [3.8, 4) is 0 Å². The Balaban J connectivity index is 3.04. The van der Waals surface area contributed by atoms with Crippen LogP contribution in [0.15, 0.2) is 30.9 Å². The molecule has 4 nitrogen and oxygen atoms in total. The van der Waals surface area contributed by atoms with Crippen LogP contribution < -0.4 is 0 Å². The molecule has 1 aromatic rings. The van der Waals surface area contributed by atoms with Gasteiger partial charge in [0, 0.05) is 13.1 Å². The lowest BCUT2D eigenvalue weighted by Gasteiger charge is -2.21. The molecule has 0 aliphatic carbocycles. The molecule has 0 fully saturated rings. The van der Waals surface area contributed by atoms with Gasteiger partial charge in [-0.15, -0.1) is 6.58 Å². The molecule has 0 aromatic heterocycles. The average molecular weight is 282 g/mol. The Morgan fingerprint density at radius 2 is 2.16 bits per heavy atom. The molecular formula is C14H16ClNO3. The molecule has 0 aliphatic rings. The summed E-state index contributed by atoms with van der Waals surface area (Å²) in [5.74, 6) is -1.29. The molecule has 0 bridgehead atoms. The third-order valence-electron chi connectivity index (χ3n) is 2.58. The minimum Gasteiger partial charge on any atom is -0.478 e. The van der Waals surface area contributed by atoms with Crippen LogP contribution in [0.4, 0.5) is 0 Å². The molecule has 102 valence electrons. The van der Waals surface area contributed by atoms with E-state index in [0.29, 0.717) is 18.7 Å². The smallest absolute Gasteiger partial charge is 0.335 e. The van der Waals surface area contributed by atoms with Crippen molar-refractivity contribution in [3.05, 3.63) is 47.0 Å². The number of halogens is 1. The Kier molecular flexibility index (Phi) is 5.57. The van der Waals surface area contributed by atoms with Gasteiger partial charge < -0.3 is 10.0 Å². The number of benzene rings is 1. The van der Waals surface area contributed by atoms with E-state index in [1.165, 1.54) is 18.2 Å². The van der Waals surface area contributed by atoms with Crippen LogP contribution in [-0.4, -0.2) is 35.0 Å². The lowest BCUT2D eigenvalue weighted by Crippen LogP contribution is -2.32. The summed E-state index contributed by atoms with van der Waals surface area (Å²) >= 11 is 5.98. The van der Waals surface area contributed by atoms with Crippen molar-refractivity contribution >= 4 is 23.5 Å². The molecule has 0 heterocycles. The second-order valence-electron chi connectivity index (χ2n) is 4.04. The Morgan fingerprint density at radius 1 is 1.47 bits per heavy atom. The van der Waals surface area contributed by atoms with E-state index in [1.807, 2.05) is 6.92 Å². The molecule has 1 amide bonds. The highest BCUT2D eigenvalue weighted by atomic mass is 35.5. The van der Waals surface area contributed by atoms with Crippen molar-refractivity contribution in [2.24, 2.45) is 0 Å². The maximum atomic E-state index is 12.3. The van der Waals surface area contributed by atoms with E-state index in [2.05, 4.69) is 6.58 Å². The van der Waals surface area contributed by atoms with E-state index in [-0.39, 0.29) is 16.5 Å². The van der Waals surface area contributed by atoms with Crippen LogP contribution in [0.5, 0.6) is 0 Å². The van der Waals surface area contributed by atoms with Crippen LogP contribution in [0.3, 0.4) is 0 Å². The molecule has 1 rings (SSSR count). The normalized spacial score (nSPS) is 10.0. The van der Waals surface area contributed by atoms with Gasteiger partial charge in [-0.25, -0.2) is 4.79 Å². The quantitative estimate of drug-likeness (QED) is 0.815. The standard InChI is InChI=1S/C14H16ClNO3/c1-3-7-16(8-4-2)13(17)11-6-5-10(14(18)19)9-12(11)15/h3,5-6,9H,1,4,7-8H2,2H3,(H,18,19). The first-order valence-electron chi connectivity index (χ1n) is 5.94. The Bertz CT molecular complexity index is 499. The zero-order valence-corrected chi connectivity index (χ0v) is 11.5. The van der Waals surface area contributed by atoms with Crippen molar-refractivity contribution in [1.82, 2.24) is 4.90 Å². The molecule has 0 saturated heterocycles. The minimum absolute atomic E-state index is 0.0623. The van der Waals surface area contributed by atoms with E-state index in [0.717, 1.165) is 6.42 Å². The minimum atomic E-state index is -1.07. The topological polar surface area (TPSA) is 57.6 Å². The fourth-order valence-corrected chi connectivity index (χ4v) is 1.95. The highest BCUT2D eigenvalue weighted by molar-refractivity contribution is 6.34. The van der Waals surface area contributed by atoms with Gasteiger partial charge in [-0.3, -0.25) is 4.79 Å². The van der Waals surface area contributed by atoms with E-state index < -0.39 is 5.97 Å². The van der Waals surface area contributed by atoms with Gasteiger partial charge in [0.15, 0.2) is 0 Å². The first-order chi connectivity index (χ1) is 9.01. The number of carbonyl (C=O) groups is 2. The number of amides is 1. The second kappa shape index (κ2) is 6.95. The van der Waals surface area contributed by atoms with E-state index in [4.69, 9.17) is 16.7 Å². The van der Waals surface area contributed by atoms with Crippen molar-refractivity contribution in [3.63, 3.8) is 0 Å². The van der Waals surface area contributed by atoms with Crippen LogP contribution in [0.25, 0.3) is 0 Å². The molecule has 0 atom stereocenters. The molecule has 1 aromatic carbocycles. The van der Waals surface area contributed by atoms with Gasteiger partial charge in [0.2, 0.25) is 0 Å². The summed E-state index contributed by atoms with van der Waals surface area (Å²) in [4.78, 5) is 24.7. The number of hydrogen-bond acceptors (Lipinski definition) is 2. The van der Waals surface area contributed by atoms with Gasteiger partial charge in [0.1, 0.15) is 0 Å². The lowest BCUT2D eigenvalue weighted by atomic mass is 10.1. The number of rotatable bonds is 6. The third-order valence-corrected chi connectivity index (χ3v) is 2.89. The van der Waals surface area contributed by atoms with Crippen LogP contribution in [0.2, 0.25) is 5.02 Å². The number of carbonyl (C=O) groups excluding carboxylic acids is 1. The second-order valence-corrected chi connectivity index (χ2v) is 4.45. The predicted molar refractivity (Wildman–Crippen MR) is 74.8 cm³/mol. The molecule has 0 radical (unpaired) electrons. The fourth-order valence-electron chi connectivity index (χ4n) is 1.69. The number of carboxylic acids is 1. The number of aromatic carboxylic acids is 1. The van der Waals surface area contributed by atoms with Crippen LogP contribution >= 0.6 is 11.6 Å². The molecule has 0 saturated carbocycles. The van der Waals surface area contributed by atoms with Gasteiger partial charge in [-0.1, -0.05) is 24.6 Å². The summed E-state index contributed by atoms with van der Waals surface area (Å²) in [6.45, 7) is 6.62. The van der Waals surface area contributed by atoms with Gasteiger partial charge >= 0.3 is 5.97 Å². The van der Waals surface area contributed by atoms with Crippen LogP contribution in [0.1, 0.15) is 34.1 Å². The van der Waals surface area contributed by atoms with Gasteiger partial charge in [-0.2, -0.15) is 0 Å². The highest BCUT2D eigenvalue weighted by Crippen LogP contribution is 2.20. The Labute approximate surface area is 117 Å². The summed E-state index contributed by atoms with van der Waals surface area (Å²) in [5, 5.41) is 9.00. The summed E-state index contributed by atoms with van der Waals surface area (Å²) in [7, 11) is 0. The largest absolute Gasteiger partial charge is 0.478 e. The van der Waals surface area contributed by atoms with Gasteiger partial charge in [0.25, 0.3) is 5.91 Å².